The molecule has 3 aliphatic heterocycles. The van der Waals surface area contributed by atoms with Crippen LogP contribution in [-0.2, 0) is 22.3 Å². The van der Waals surface area contributed by atoms with Crippen molar-refractivity contribution in [3.8, 4) is 0 Å². The van der Waals surface area contributed by atoms with Crippen molar-refractivity contribution < 1.29 is 32.3 Å². The number of urea groups is 1. The number of alkyl halides is 3. The molecule has 2 bridgehead atoms. The Labute approximate surface area is 191 Å². The highest BCUT2D eigenvalue weighted by Gasteiger charge is 2.63. The van der Waals surface area contributed by atoms with E-state index in [4.69, 9.17) is 16.3 Å². The van der Waals surface area contributed by atoms with Crippen LogP contribution in [0.4, 0.5) is 28.4 Å². The maximum Gasteiger partial charge on any atom is 0.416 e. The minimum atomic E-state index is -4.61. The zero-order valence-corrected chi connectivity index (χ0v) is 17.7. The number of likely N-dealkylation sites (tertiary alicyclic amines) is 1. The molecule has 2 unspecified atom stereocenters. The van der Waals surface area contributed by atoms with E-state index in [1.54, 1.807) is 24.3 Å². The number of rotatable bonds is 3. The summed E-state index contributed by atoms with van der Waals surface area (Å²) in [5.41, 5.74) is -0.483. The number of fused-ring (bicyclic) bond motifs is 5. The first-order chi connectivity index (χ1) is 15.7. The predicted octanol–water partition coefficient (Wildman–Crippen LogP) is 4.29. The number of hydrogen-bond acceptors (Lipinski definition) is 4. The first-order valence-corrected chi connectivity index (χ1v) is 10.5. The molecule has 0 radical (unpaired) electrons. The molecular formula is C22H17ClF3N3O4. The van der Waals surface area contributed by atoms with E-state index in [1.165, 1.54) is 15.9 Å². The summed E-state index contributed by atoms with van der Waals surface area (Å²) in [4.78, 5) is 42.3. The molecule has 3 fully saturated rings. The molecule has 33 heavy (non-hydrogen) atoms. The van der Waals surface area contributed by atoms with Gasteiger partial charge in [-0.15, -0.1) is 0 Å². The fraction of sp³-hybridized carbons (Fsp3) is 0.318. The summed E-state index contributed by atoms with van der Waals surface area (Å²) >= 11 is 6.08. The van der Waals surface area contributed by atoms with Crippen LogP contribution in [0.3, 0.4) is 0 Å². The van der Waals surface area contributed by atoms with Crippen LogP contribution in [0.25, 0.3) is 0 Å². The molecular weight excluding hydrogens is 463 g/mol. The van der Waals surface area contributed by atoms with E-state index in [9.17, 15) is 27.6 Å². The molecule has 0 saturated carbocycles. The molecule has 0 aromatic heterocycles. The Morgan fingerprint density at radius 2 is 1.88 bits per heavy atom. The van der Waals surface area contributed by atoms with E-state index in [0.29, 0.717) is 17.0 Å². The largest absolute Gasteiger partial charge is 0.444 e. The summed E-state index contributed by atoms with van der Waals surface area (Å²) in [6.45, 7) is 0.127. The third kappa shape index (κ3) is 3.49. The third-order valence-electron chi connectivity index (χ3n) is 6.24. The lowest BCUT2D eigenvalue weighted by atomic mass is 10.1. The Morgan fingerprint density at radius 1 is 1.12 bits per heavy atom. The summed E-state index contributed by atoms with van der Waals surface area (Å²) in [5, 5.41) is 0.452. The fourth-order valence-electron chi connectivity index (χ4n) is 4.76. The van der Waals surface area contributed by atoms with Crippen LogP contribution in [0.1, 0.15) is 17.5 Å². The first-order valence-electron chi connectivity index (χ1n) is 10.2. The zero-order valence-electron chi connectivity index (χ0n) is 17.0. The van der Waals surface area contributed by atoms with Gasteiger partial charge in [0.2, 0.25) is 0 Å². The standard InChI is InChI=1S/C22H17ClF3N3O4/c23-16-7-2-1-4-12(16)11-33-21(32)27-10-15-9-17(27)18-19(30)29(20(31)28(15)18)14-6-3-5-13(8-14)22(24,25)26/h1-8,15,17-18H,9-11H2/t15?,17?,18-/m1/s1. The smallest absolute Gasteiger partial charge is 0.416 e. The SMILES string of the molecule is O=C1[C@H]2C3CC(CN3C(=O)OCc3ccccc3Cl)N2C(=O)N1c1cccc(C(F)(F)F)c1. The van der Waals surface area contributed by atoms with Crippen molar-refractivity contribution in [2.24, 2.45) is 0 Å². The lowest BCUT2D eigenvalue weighted by Gasteiger charge is -2.34. The van der Waals surface area contributed by atoms with Crippen LogP contribution in [0.2, 0.25) is 5.02 Å². The predicted molar refractivity (Wildman–Crippen MR) is 110 cm³/mol. The van der Waals surface area contributed by atoms with Gasteiger partial charge in [-0.2, -0.15) is 13.2 Å². The van der Waals surface area contributed by atoms with Gasteiger partial charge in [-0.3, -0.25) is 4.79 Å². The lowest BCUT2D eigenvalue weighted by Crippen LogP contribution is -2.54. The average molecular weight is 480 g/mol. The molecule has 3 atom stereocenters. The maximum absolute atomic E-state index is 13.1. The molecule has 4 amide bonds. The van der Waals surface area contributed by atoms with Gasteiger partial charge in [0.1, 0.15) is 12.6 Å². The van der Waals surface area contributed by atoms with Crippen molar-refractivity contribution in [3.05, 3.63) is 64.7 Å². The number of benzene rings is 2. The van der Waals surface area contributed by atoms with Crippen molar-refractivity contribution in [1.29, 1.82) is 0 Å². The average Bonchev–Trinajstić information content (AvgIpc) is 3.44. The van der Waals surface area contributed by atoms with Crippen molar-refractivity contribution >= 4 is 35.3 Å². The third-order valence-corrected chi connectivity index (χ3v) is 6.61. The summed E-state index contributed by atoms with van der Waals surface area (Å²) < 4.78 is 44.7. The highest BCUT2D eigenvalue weighted by atomic mass is 35.5. The Bertz CT molecular complexity index is 1160. The minimum Gasteiger partial charge on any atom is -0.444 e. The summed E-state index contributed by atoms with van der Waals surface area (Å²) in [7, 11) is 0. The summed E-state index contributed by atoms with van der Waals surface area (Å²) in [5.74, 6) is -0.657. The molecule has 3 aliphatic rings. The Hall–Kier alpha value is -3.27. The number of anilines is 1. The van der Waals surface area contributed by atoms with Crippen molar-refractivity contribution in [3.63, 3.8) is 0 Å². The van der Waals surface area contributed by atoms with Gasteiger partial charge in [-0.05, 0) is 30.7 Å². The molecule has 0 N–H and O–H groups in total. The van der Waals surface area contributed by atoms with Gasteiger partial charge in [-0.1, -0.05) is 35.9 Å². The molecule has 3 heterocycles. The van der Waals surface area contributed by atoms with Crippen LogP contribution < -0.4 is 4.90 Å². The topological polar surface area (TPSA) is 70.2 Å². The van der Waals surface area contributed by atoms with Crippen molar-refractivity contribution in [2.75, 3.05) is 11.4 Å². The maximum atomic E-state index is 13.1. The van der Waals surface area contributed by atoms with Crippen molar-refractivity contribution in [1.82, 2.24) is 9.80 Å². The quantitative estimate of drug-likeness (QED) is 0.616. The number of halogens is 4. The highest BCUT2D eigenvalue weighted by Crippen LogP contribution is 2.43. The summed E-state index contributed by atoms with van der Waals surface area (Å²) in [6, 6.07) is 8.31. The zero-order chi connectivity index (χ0) is 23.5. The van der Waals surface area contributed by atoms with E-state index in [2.05, 4.69) is 0 Å². The fourth-order valence-corrected chi connectivity index (χ4v) is 4.95. The molecule has 2 aromatic carbocycles. The number of ether oxygens (including phenoxy) is 1. The molecule has 11 heteroatoms. The summed E-state index contributed by atoms with van der Waals surface area (Å²) in [6.07, 6.45) is -4.85. The van der Waals surface area contributed by atoms with Crippen LogP contribution in [0.15, 0.2) is 48.5 Å². The number of nitrogens with zero attached hydrogens (tertiary/aromatic N) is 3. The Kier molecular flexibility index (Phi) is 5.00. The van der Waals surface area contributed by atoms with Gasteiger partial charge in [0, 0.05) is 17.1 Å². The number of hydrogen-bond donors (Lipinski definition) is 0. The van der Waals surface area contributed by atoms with Gasteiger partial charge in [-0.25, -0.2) is 14.5 Å². The molecule has 5 rings (SSSR count). The Balaban J connectivity index is 1.34. The van der Waals surface area contributed by atoms with Crippen LogP contribution >= 0.6 is 11.6 Å². The number of piperazine rings is 1. The first kappa shape index (κ1) is 21.6. The number of carbonyl (C=O) groups excluding carboxylic acids is 3. The second-order valence-corrected chi connectivity index (χ2v) is 8.52. The molecule has 3 saturated heterocycles. The minimum absolute atomic E-state index is 0.0516. The normalized spacial score (nSPS) is 24.0. The van der Waals surface area contributed by atoms with E-state index in [0.717, 1.165) is 23.1 Å². The molecule has 0 aliphatic carbocycles. The van der Waals surface area contributed by atoms with Crippen LogP contribution in [0.5, 0.6) is 0 Å². The second-order valence-electron chi connectivity index (χ2n) is 8.11. The second kappa shape index (κ2) is 7.65. The molecule has 2 aromatic rings. The van der Waals surface area contributed by atoms with E-state index >= 15 is 0 Å². The van der Waals surface area contributed by atoms with Gasteiger partial charge in [0.15, 0.2) is 0 Å². The number of imide groups is 1. The van der Waals surface area contributed by atoms with Gasteiger partial charge in [0.05, 0.1) is 23.3 Å². The lowest BCUT2D eigenvalue weighted by molar-refractivity contribution is -0.137. The number of amides is 4. The van der Waals surface area contributed by atoms with E-state index < -0.39 is 47.9 Å². The van der Waals surface area contributed by atoms with E-state index in [1.807, 2.05) is 0 Å². The molecule has 7 nitrogen and oxygen atoms in total. The van der Waals surface area contributed by atoms with Crippen molar-refractivity contribution in [2.45, 2.75) is 37.3 Å². The molecule has 172 valence electrons. The van der Waals surface area contributed by atoms with E-state index in [-0.39, 0.29) is 18.8 Å². The van der Waals surface area contributed by atoms with Crippen LogP contribution in [-0.4, -0.2) is 52.5 Å². The highest BCUT2D eigenvalue weighted by molar-refractivity contribution is 6.31. The van der Waals surface area contributed by atoms with Gasteiger partial charge < -0.3 is 14.5 Å². The number of carbonyl (C=O) groups is 3. The van der Waals surface area contributed by atoms with Gasteiger partial charge in [0.25, 0.3) is 5.91 Å². The molecule has 0 spiro atoms. The van der Waals surface area contributed by atoms with Gasteiger partial charge >= 0.3 is 18.3 Å². The Morgan fingerprint density at radius 3 is 2.61 bits per heavy atom. The monoisotopic (exact) mass is 479 g/mol. The van der Waals surface area contributed by atoms with Crippen LogP contribution in [0, 0.1) is 0 Å².